The molecular weight excluding hydrogens is 498 g/mol. The molecule has 0 bridgehead atoms. The number of anilines is 1. The van der Waals surface area contributed by atoms with Crippen LogP contribution in [0.15, 0.2) is 48.8 Å². The molecule has 2 aliphatic heterocycles. The monoisotopic (exact) mass is 525 g/mol. The first kappa shape index (κ1) is 24.8. The molecule has 0 saturated carbocycles. The van der Waals surface area contributed by atoms with Crippen LogP contribution in [-0.2, 0) is 9.53 Å². The van der Waals surface area contributed by atoms with Gasteiger partial charge in [-0.3, -0.25) is 4.79 Å². The lowest BCUT2D eigenvalue weighted by Crippen LogP contribution is -2.36. The van der Waals surface area contributed by atoms with Crippen LogP contribution in [0.2, 0.25) is 0 Å². The van der Waals surface area contributed by atoms with Gasteiger partial charge in [-0.25, -0.2) is 15.0 Å². The zero-order valence-corrected chi connectivity index (χ0v) is 21.2. The van der Waals surface area contributed by atoms with Crippen molar-refractivity contribution in [3.63, 3.8) is 0 Å². The van der Waals surface area contributed by atoms with E-state index in [-0.39, 0.29) is 12.0 Å². The van der Waals surface area contributed by atoms with E-state index in [9.17, 15) is 10.1 Å². The number of nitriles is 1. The molecule has 11 heteroatoms. The average molecular weight is 526 g/mol. The number of rotatable bonds is 6. The number of amides is 1. The summed E-state index contributed by atoms with van der Waals surface area (Å²) >= 11 is 0. The molecular formula is C28H27N7O4. The number of fused-ring (bicyclic) bond motifs is 1. The maximum atomic E-state index is 11.8. The fourth-order valence-corrected chi connectivity index (χ4v) is 5.03. The predicted molar refractivity (Wildman–Crippen MR) is 143 cm³/mol. The van der Waals surface area contributed by atoms with Crippen molar-refractivity contribution in [2.24, 2.45) is 0 Å². The number of aromatic amines is 1. The summed E-state index contributed by atoms with van der Waals surface area (Å²) < 4.78 is 11.5. The van der Waals surface area contributed by atoms with Gasteiger partial charge in [-0.05, 0) is 42.5 Å². The molecule has 4 heterocycles. The number of hydrogen-bond donors (Lipinski definition) is 2. The number of likely N-dealkylation sites (tertiary alicyclic amines) is 1. The summed E-state index contributed by atoms with van der Waals surface area (Å²) in [5.74, 6) is 0.807. The summed E-state index contributed by atoms with van der Waals surface area (Å²) in [7, 11) is 0. The summed E-state index contributed by atoms with van der Waals surface area (Å²) in [6, 6.07) is 15.8. The number of nitrogens with one attached hydrogen (secondary N) is 1. The normalized spacial score (nSPS) is 17.4. The van der Waals surface area contributed by atoms with Crippen LogP contribution < -0.4 is 9.64 Å². The maximum Gasteiger partial charge on any atom is 0.248 e. The van der Waals surface area contributed by atoms with E-state index in [1.807, 2.05) is 18.2 Å². The molecule has 39 heavy (non-hydrogen) atoms. The van der Waals surface area contributed by atoms with Crippen molar-refractivity contribution < 1.29 is 19.4 Å². The minimum absolute atomic E-state index is 0.242. The van der Waals surface area contributed by atoms with Crippen LogP contribution in [0.5, 0.6) is 5.75 Å². The Morgan fingerprint density at radius 2 is 1.92 bits per heavy atom. The van der Waals surface area contributed by atoms with Gasteiger partial charge in [-0.15, -0.1) is 0 Å². The summed E-state index contributed by atoms with van der Waals surface area (Å²) in [4.78, 5) is 32.5. The molecule has 2 N–H and O–H groups in total. The van der Waals surface area contributed by atoms with E-state index in [0.29, 0.717) is 53.5 Å². The summed E-state index contributed by atoms with van der Waals surface area (Å²) in [5.41, 5.74) is 5.02. The number of carbonyl (C=O) groups excluding carboxylic acids is 1. The van der Waals surface area contributed by atoms with Crippen molar-refractivity contribution in [1.82, 2.24) is 24.8 Å². The van der Waals surface area contributed by atoms with Crippen LogP contribution in [0.3, 0.4) is 0 Å². The van der Waals surface area contributed by atoms with Gasteiger partial charge >= 0.3 is 0 Å². The van der Waals surface area contributed by atoms with E-state index < -0.39 is 6.61 Å². The van der Waals surface area contributed by atoms with Crippen LogP contribution in [0.1, 0.15) is 12.0 Å². The first-order valence-electron chi connectivity index (χ1n) is 12.9. The lowest BCUT2D eigenvalue weighted by atomic mass is 10.1. The van der Waals surface area contributed by atoms with Crippen molar-refractivity contribution in [1.29, 1.82) is 5.26 Å². The molecule has 2 aromatic carbocycles. The zero-order chi connectivity index (χ0) is 26.8. The number of aliphatic hydroxyl groups excluding tert-OH is 1. The van der Waals surface area contributed by atoms with Gasteiger partial charge in [-0.2, -0.15) is 5.26 Å². The van der Waals surface area contributed by atoms with Crippen molar-refractivity contribution in [3.8, 4) is 34.5 Å². The number of benzene rings is 2. The molecule has 198 valence electrons. The van der Waals surface area contributed by atoms with Gasteiger partial charge in [0.25, 0.3) is 0 Å². The minimum Gasteiger partial charge on any atom is -0.487 e. The highest BCUT2D eigenvalue weighted by molar-refractivity contribution is 5.89. The zero-order valence-electron chi connectivity index (χ0n) is 21.2. The number of morpholine rings is 1. The minimum atomic E-state index is -0.521. The highest BCUT2D eigenvalue weighted by Crippen LogP contribution is 2.31. The number of aliphatic hydroxyl groups is 1. The van der Waals surface area contributed by atoms with E-state index in [4.69, 9.17) is 14.6 Å². The Balaban J connectivity index is 1.24. The van der Waals surface area contributed by atoms with Gasteiger partial charge in [0.05, 0.1) is 31.0 Å². The standard InChI is InChI=1S/C28H27N7O4/c29-14-20-13-19(3-6-23(20)39-22-7-8-35(15-22)24(37)16-36)25-26-28(31-17-30-25)33-27(32-26)18-1-4-21(5-2-18)34-9-11-38-12-10-34/h1-6,13,17,22,36H,7-12,15-16H2,(H,30,31,32,33). The van der Waals surface area contributed by atoms with Crippen LogP contribution >= 0.6 is 0 Å². The van der Waals surface area contributed by atoms with Gasteiger partial charge in [-0.1, -0.05) is 0 Å². The summed E-state index contributed by atoms with van der Waals surface area (Å²) in [6.07, 6.45) is 1.86. The molecule has 1 atom stereocenters. The van der Waals surface area contributed by atoms with E-state index >= 15 is 0 Å². The Bertz CT molecular complexity index is 1540. The van der Waals surface area contributed by atoms with E-state index in [2.05, 4.69) is 43.0 Å². The maximum absolute atomic E-state index is 11.8. The smallest absolute Gasteiger partial charge is 0.248 e. The van der Waals surface area contributed by atoms with Crippen molar-refractivity contribution in [2.45, 2.75) is 12.5 Å². The third-order valence-corrected chi connectivity index (χ3v) is 7.11. The van der Waals surface area contributed by atoms with Gasteiger partial charge in [0, 0.05) is 42.9 Å². The average Bonchev–Trinajstić information content (AvgIpc) is 3.65. The number of carbonyl (C=O) groups is 1. The number of hydrogen-bond acceptors (Lipinski definition) is 9. The van der Waals surface area contributed by atoms with E-state index in [0.717, 1.165) is 43.1 Å². The third kappa shape index (κ3) is 4.99. The largest absolute Gasteiger partial charge is 0.487 e. The highest BCUT2D eigenvalue weighted by Gasteiger charge is 2.28. The first-order chi connectivity index (χ1) is 19.1. The molecule has 0 radical (unpaired) electrons. The molecule has 1 amide bonds. The fraction of sp³-hybridized carbons (Fsp3) is 0.321. The van der Waals surface area contributed by atoms with E-state index in [1.54, 1.807) is 17.0 Å². The van der Waals surface area contributed by atoms with E-state index in [1.165, 1.54) is 6.33 Å². The number of imidazole rings is 1. The molecule has 0 aliphatic carbocycles. The number of H-pyrrole nitrogens is 1. The lowest BCUT2D eigenvalue weighted by molar-refractivity contribution is -0.133. The second kappa shape index (κ2) is 10.7. The SMILES string of the molecule is N#Cc1cc(-c2ncnc3nc(-c4ccc(N5CCOCC5)cc4)[nH]c23)ccc1OC1CCN(C(=O)CO)C1. The molecule has 4 aromatic rings. The Kier molecular flexibility index (Phi) is 6.79. The van der Waals surface area contributed by atoms with Crippen LogP contribution in [-0.4, -0.2) is 88.0 Å². The number of nitrogens with zero attached hydrogens (tertiary/aromatic N) is 6. The van der Waals surface area contributed by atoms with Crippen LogP contribution in [0, 0.1) is 11.3 Å². The molecule has 2 aromatic heterocycles. The molecule has 2 aliphatic rings. The Morgan fingerprint density at radius 3 is 2.69 bits per heavy atom. The predicted octanol–water partition coefficient (Wildman–Crippen LogP) is 2.37. The van der Waals surface area contributed by atoms with Gasteiger partial charge in [0.1, 0.15) is 42.2 Å². The summed E-state index contributed by atoms with van der Waals surface area (Å²) in [5, 5.41) is 18.9. The second-order valence-electron chi connectivity index (χ2n) is 9.50. The van der Waals surface area contributed by atoms with Crippen molar-refractivity contribution >= 4 is 22.8 Å². The molecule has 1 unspecified atom stereocenters. The number of aromatic nitrogens is 4. The van der Waals surface area contributed by atoms with Gasteiger partial charge < -0.3 is 29.4 Å². The topological polar surface area (TPSA) is 140 Å². The molecule has 2 saturated heterocycles. The number of ether oxygens (including phenoxy) is 2. The molecule has 6 rings (SSSR count). The van der Waals surface area contributed by atoms with Gasteiger partial charge in [0.2, 0.25) is 5.91 Å². The second-order valence-corrected chi connectivity index (χ2v) is 9.50. The van der Waals surface area contributed by atoms with Crippen molar-refractivity contribution in [2.75, 3.05) is 50.9 Å². The quantitative estimate of drug-likeness (QED) is 0.388. The van der Waals surface area contributed by atoms with Gasteiger partial charge in [0.15, 0.2) is 5.65 Å². The van der Waals surface area contributed by atoms with Crippen LogP contribution in [0.4, 0.5) is 5.69 Å². The van der Waals surface area contributed by atoms with Crippen LogP contribution in [0.25, 0.3) is 33.8 Å². The first-order valence-corrected chi connectivity index (χ1v) is 12.9. The Morgan fingerprint density at radius 1 is 1.13 bits per heavy atom. The molecule has 0 spiro atoms. The Labute approximate surface area is 224 Å². The Hall–Kier alpha value is -4.53. The molecule has 2 fully saturated rings. The van der Waals surface area contributed by atoms with Crippen molar-refractivity contribution in [3.05, 3.63) is 54.4 Å². The summed E-state index contributed by atoms with van der Waals surface area (Å²) in [6.45, 7) is 3.59. The molecule has 11 nitrogen and oxygen atoms in total. The highest BCUT2D eigenvalue weighted by atomic mass is 16.5. The fourth-order valence-electron chi connectivity index (χ4n) is 5.03. The third-order valence-electron chi connectivity index (χ3n) is 7.11. The lowest BCUT2D eigenvalue weighted by Gasteiger charge is -2.28.